The van der Waals surface area contributed by atoms with Gasteiger partial charge in [-0.3, -0.25) is 9.98 Å². The van der Waals surface area contributed by atoms with E-state index in [0.717, 1.165) is 42.5 Å². The van der Waals surface area contributed by atoms with E-state index in [0.29, 0.717) is 29.7 Å². The fourth-order valence-corrected chi connectivity index (χ4v) is 7.71. The van der Waals surface area contributed by atoms with E-state index in [4.69, 9.17) is 21.5 Å². The Hall–Kier alpha value is -3.21. The number of rotatable bonds is 12. The first-order chi connectivity index (χ1) is 23.1. The van der Waals surface area contributed by atoms with Crippen LogP contribution in [-0.2, 0) is 6.42 Å². The average Bonchev–Trinajstić information content (AvgIpc) is 3.83. The zero-order valence-electron chi connectivity index (χ0n) is 31.0. The van der Waals surface area contributed by atoms with Crippen molar-refractivity contribution in [2.24, 2.45) is 28.7 Å². The maximum absolute atomic E-state index is 5.03. The summed E-state index contributed by atoms with van der Waals surface area (Å²) in [5.41, 5.74) is 9.96. The summed E-state index contributed by atoms with van der Waals surface area (Å²) in [4.78, 5) is 17.5. The van der Waals surface area contributed by atoms with Crippen LogP contribution in [0.4, 0.5) is 5.82 Å². The van der Waals surface area contributed by atoms with Gasteiger partial charge in [0.05, 0.1) is 5.70 Å². The third-order valence-electron chi connectivity index (χ3n) is 11.3. The van der Waals surface area contributed by atoms with Gasteiger partial charge in [-0.2, -0.15) is 0 Å². The molecule has 0 radical (unpaired) electrons. The van der Waals surface area contributed by atoms with Gasteiger partial charge in [-0.1, -0.05) is 65.3 Å². The summed E-state index contributed by atoms with van der Waals surface area (Å²) in [7, 11) is 0. The Kier molecular flexibility index (Phi) is 12.7. The van der Waals surface area contributed by atoms with E-state index in [-0.39, 0.29) is 0 Å². The van der Waals surface area contributed by atoms with Crippen LogP contribution in [0.5, 0.6) is 0 Å². The number of hydrogen-bond donors (Lipinski definition) is 1. The van der Waals surface area contributed by atoms with Gasteiger partial charge in [-0.15, -0.1) is 0 Å². The van der Waals surface area contributed by atoms with Crippen molar-refractivity contribution in [2.45, 2.75) is 137 Å². The van der Waals surface area contributed by atoms with Gasteiger partial charge < -0.3 is 10.2 Å². The van der Waals surface area contributed by atoms with Crippen LogP contribution in [0, 0.1) is 30.6 Å². The van der Waals surface area contributed by atoms with Crippen LogP contribution in [-0.4, -0.2) is 28.3 Å². The largest absolute Gasteiger partial charge is 0.386 e. The molecule has 2 aromatic rings. The zero-order chi connectivity index (χ0) is 34.2. The molecule has 1 unspecified atom stereocenters. The molecular weight excluding hydrogens is 587 g/mol. The van der Waals surface area contributed by atoms with Crippen LogP contribution in [0.2, 0.25) is 0 Å². The molecule has 5 heteroatoms. The Morgan fingerprint density at radius 1 is 0.938 bits per heavy atom. The molecule has 4 aliphatic rings. The average molecular weight is 650 g/mol. The third-order valence-corrected chi connectivity index (χ3v) is 11.3. The number of aryl methyl sites for hydroxylation is 2. The highest BCUT2D eigenvalue weighted by Crippen LogP contribution is 2.40. The number of aliphatic imine (C=N–C) groups is 1. The summed E-state index contributed by atoms with van der Waals surface area (Å²) in [5.74, 6) is 4.31. The van der Waals surface area contributed by atoms with E-state index >= 15 is 0 Å². The van der Waals surface area contributed by atoms with E-state index in [2.05, 4.69) is 81.8 Å². The first-order valence-electron chi connectivity index (χ1n) is 19.2. The van der Waals surface area contributed by atoms with Crippen molar-refractivity contribution in [2.75, 3.05) is 11.4 Å². The van der Waals surface area contributed by atoms with Gasteiger partial charge >= 0.3 is 0 Å². The standard InChI is InChI=1S/C35H46N4.C8H17N/c1-4-27-16-17-32(37-24(27)2)29-12-10-26(11-13-29)23-39(25(3)28-8-6-5-7-9-28)35-22-31(20-21-36-35)34-19-18-33(38-34)30-14-15-30;1-6(2)8(5)9-7(3)4/h16-17,19-22,26,28-30H,3-15,18,23H2,1-2H3;6,8-9H,3H2,1-2,4-5H3. The van der Waals surface area contributed by atoms with Gasteiger partial charge in [-0.25, -0.2) is 4.98 Å². The Morgan fingerprint density at radius 3 is 2.25 bits per heavy atom. The van der Waals surface area contributed by atoms with Crippen molar-refractivity contribution in [3.63, 3.8) is 0 Å². The minimum Gasteiger partial charge on any atom is -0.386 e. The number of nitrogens with zero attached hydrogens (tertiary/aromatic N) is 4. The molecule has 3 aliphatic carbocycles. The van der Waals surface area contributed by atoms with Crippen molar-refractivity contribution < 1.29 is 0 Å². The van der Waals surface area contributed by atoms with Gasteiger partial charge in [-0.05, 0) is 126 Å². The predicted molar refractivity (Wildman–Crippen MR) is 205 cm³/mol. The van der Waals surface area contributed by atoms with E-state index in [9.17, 15) is 0 Å². The number of hydrogen-bond acceptors (Lipinski definition) is 5. The fourth-order valence-electron chi connectivity index (χ4n) is 7.71. The van der Waals surface area contributed by atoms with Crippen LogP contribution in [0.15, 0.2) is 66.1 Å². The van der Waals surface area contributed by atoms with Crippen LogP contribution < -0.4 is 10.2 Å². The van der Waals surface area contributed by atoms with Crippen LogP contribution in [0.3, 0.4) is 0 Å². The summed E-state index contributed by atoms with van der Waals surface area (Å²) in [5, 5.41) is 3.25. The lowest BCUT2D eigenvalue weighted by Gasteiger charge is -2.37. The highest BCUT2D eigenvalue weighted by atomic mass is 15.2. The quantitative estimate of drug-likeness (QED) is 0.249. The molecule has 1 N–H and O–H groups in total. The summed E-state index contributed by atoms with van der Waals surface area (Å²) in [6.07, 6.45) is 20.5. The summed E-state index contributed by atoms with van der Waals surface area (Å²) < 4.78 is 0. The van der Waals surface area contributed by atoms with Crippen molar-refractivity contribution in [1.82, 2.24) is 15.3 Å². The van der Waals surface area contributed by atoms with Crippen molar-refractivity contribution >= 4 is 17.2 Å². The Balaban J connectivity index is 0.000000441. The number of pyridine rings is 2. The SMILES string of the molecule is C=C(C)NC(C)C(C)C.C=C(C1CCCCC1)N(CC1CCC(c2ccc(CC)c(C)n2)CC1)c1cc(C2=CCC(C3CC3)=N2)ccn1. The highest BCUT2D eigenvalue weighted by molar-refractivity contribution is 5.98. The van der Waals surface area contributed by atoms with Gasteiger partial charge in [0, 0.05) is 65.2 Å². The molecule has 3 saturated carbocycles. The van der Waals surface area contributed by atoms with Crippen LogP contribution >= 0.6 is 0 Å². The lowest BCUT2D eigenvalue weighted by Crippen LogP contribution is -2.34. The molecule has 0 spiro atoms. The summed E-state index contributed by atoms with van der Waals surface area (Å²) in [6.45, 7) is 22.4. The van der Waals surface area contributed by atoms with Gasteiger partial charge in [0.1, 0.15) is 5.82 Å². The maximum Gasteiger partial charge on any atom is 0.133 e. The summed E-state index contributed by atoms with van der Waals surface area (Å²) >= 11 is 0. The minimum atomic E-state index is 0.544. The molecule has 48 heavy (non-hydrogen) atoms. The van der Waals surface area contributed by atoms with E-state index in [1.807, 2.05) is 13.1 Å². The van der Waals surface area contributed by atoms with Crippen molar-refractivity contribution in [3.8, 4) is 0 Å². The molecular formula is C43H63N5. The number of anilines is 1. The third kappa shape index (κ3) is 9.70. The number of allylic oxidation sites excluding steroid dienone is 3. The first kappa shape index (κ1) is 36.1. The Labute approximate surface area is 292 Å². The lowest BCUT2D eigenvalue weighted by molar-refractivity contribution is 0.320. The van der Waals surface area contributed by atoms with Crippen LogP contribution in [0.25, 0.3) is 5.70 Å². The second kappa shape index (κ2) is 16.9. The van der Waals surface area contributed by atoms with Crippen molar-refractivity contribution in [3.05, 3.63) is 83.6 Å². The second-order valence-electron chi connectivity index (χ2n) is 15.5. The molecule has 0 bridgehead atoms. The summed E-state index contributed by atoms with van der Waals surface area (Å²) in [6, 6.07) is 9.56. The molecule has 0 aromatic carbocycles. The molecule has 3 fully saturated rings. The molecule has 260 valence electrons. The molecule has 2 aromatic heterocycles. The zero-order valence-corrected chi connectivity index (χ0v) is 31.0. The Morgan fingerprint density at radius 2 is 1.65 bits per heavy atom. The highest BCUT2D eigenvalue weighted by Gasteiger charge is 2.31. The molecule has 0 amide bonds. The first-order valence-corrected chi connectivity index (χ1v) is 19.2. The van der Waals surface area contributed by atoms with E-state index in [1.54, 1.807) is 0 Å². The van der Waals surface area contributed by atoms with Gasteiger partial charge in [0.15, 0.2) is 0 Å². The van der Waals surface area contributed by atoms with Gasteiger partial charge in [0.2, 0.25) is 0 Å². The number of nitrogens with one attached hydrogen (secondary N) is 1. The van der Waals surface area contributed by atoms with E-state index < -0.39 is 0 Å². The predicted octanol–water partition coefficient (Wildman–Crippen LogP) is 11.0. The smallest absolute Gasteiger partial charge is 0.133 e. The molecule has 3 heterocycles. The minimum absolute atomic E-state index is 0.544. The topological polar surface area (TPSA) is 53.4 Å². The lowest BCUT2D eigenvalue weighted by atomic mass is 9.79. The van der Waals surface area contributed by atoms with Gasteiger partial charge in [0.25, 0.3) is 0 Å². The molecule has 5 nitrogen and oxygen atoms in total. The number of aromatic nitrogens is 2. The molecule has 0 saturated heterocycles. The molecule has 6 rings (SSSR count). The Bertz CT molecular complexity index is 1450. The fraction of sp³-hybridized carbons (Fsp3) is 0.605. The maximum atomic E-state index is 5.03. The van der Waals surface area contributed by atoms with E-state index in [1.165, 1.54) is 105 Å². The molecule has 1 atom stereocenters. The molecule has 1 aliphatic heterocycles. The monoisotopic (exact) mass is 650 g/mol. The van der Waals surface area contributed by atoms with Crippen molar-refractivity contribution in [1.29, 1.82) is 0 Å². The van der Waals surface area contributed by atoms with Crippen LogP contribution in [0.1, 0.15) is 140 Å². The second-order valence-corrected chi connectivity index (χ2v) is 15.5. The normalized spacial score (nSPS) is 21.9.